The summed E-state index contributed by atoms with van der Waals surface area (Å²) in [6.07, 6.45) is -4.65. The minimum absolute atomic E-state index is 0.0242. The molecule has 2 aromatic carbocycles. The van der Waals surface area contributed by atoms with E-state index in [-0.39, 0.29) is 44.9 Å². The summed E-state index contributed by atoms with van der Waals surface area (Å²) in [5, 5.41) is 16.3. The summed E-state index contributed by atoms with van der Waals surface area (Å²) >= 11 is 0. The first kappa shape index (κ1) is 29.0. The largest absolute Gasteiger partial charge is 0.437 e. The number of nitriles is 1. The molecule has 0 aliphatic rings. The number of furan rings is 1. The predicted octanol–water partition coefficient (Wildman–Crippen LogP) is 5.81. The van der Waals surface area contributed by atoms with Gasteiger partial charge in [-0.15, -0.1) is 0 Å². The molecule has 0 unspecified atom stereocenters. The summed E-state index contributed by atoms with van der Waals surface area (Å²) in [5.41, 5.74) is -1.60. The highest BCUT2D eigenvalue weighted by Gasteiger charge is 2.29. The molecule has 13 heteroatoms. The van der Waals surface area contributed by atoms with Crippen LogP contribution in [-0.4, -0.2) is 42.1 Å². The number of alkyl halides is 3. The number of pyridine rings is 1. The highest BCUT2D eigenvalue weighted by Crippen LogP contribution is 2.38. The van der Waals surface area contributed by atoms with Crippen LogP contribution in [0.15, 0.2) is 52.9 Å². The van der Waals surface area contributed by atoms with Gasteiger partial charge in [0.25, 0.3) is 11.8 Å². The fourth-order valence-electron chi connectivity index (χ4n) is 3.98. The number of hydrogen-bond donors (Lipinski definition) is 3. The van der Waals surface area contributed by atoms with Gasteiger partial charge in [-0.05, 0) is 67.9 Å². The van der Waals surface area contributed by atoms with Gasteiger partial charge in [0.1, 0.15) is 35.3 Å². The van der Waals surface area contributed by atoms with Crippen molar-refractivity contribution in [1.29, 1.82) is 5.26 Å². The molecule has 0 saturated heterocycles. The van der Waals surface area contributed by atoms with Gasteiger partial charge < -0.3 is 20.4 Å². The lowest BCUT2D eigenvalue weighted by atomic mass is 9.99. The number of anilines is 1. The maximum atomic E-state index is 14.8. The van der Waals surface area contributed by atoms with Crippen molar-refractivity contribution in [1.82, 2.24) is 15.6 Å². The third kappa shape index (κ3) is 6.43. The summed E-state index contributed by atoms with van der Waals surface area (Å²) in [4.78, 5) is 29.9. The van der Waals surface area contributed by atoms with Crippen LogP contribution in [0.25, 0.3) is 33.6 Å². The molecule has 0 spiro atoms. The molecule has 2 amide bonds. The van der Waals surface area contributed by atoms with E-state index in [2.05, 4.69) is 20.9 Å². The molecular weight excluding hydrogens is 549 g/mol. The van der Waals surface area contributed by atoms with Crippen molar-refractivity contribution in [2.75, 3.05) is 18.9 Å². The number of carbonyl (C=O) groups excluding carboxylic acids is 2. The average molecular weight is 572 g/mol. The molecule has 0 atom stereocenters. The molecule has 4 aromatic rings. The Balaban J connectivity index is 1.96. The minimum atomic E-state index is -4.65. The van der Waals surface area contributed by atoms with Crippen molar-refractivity contribution in [3.05, 3.63) is 71.3 Å². The molecule has 2 aromatic heterocycles. The van der Waals surface area contributed by atoms with E-state index >= 15 is 0 Å². The van der Waals surface area contributed by atoms with Gasteiger partial charge in [-0.3, -0.25) is 9.59 Å². The van der Waals surface area contributed by atoms with Crippen LogP contribution >= 0.6 is 0 Å². The smallest absolute Gasteiger partial charge is 0.405 e. The van der Waals surface area contributed by atoms with Gasteiger partial charge >= 0.3 is 6.18 Å². The lowest BCUT2D eigenvalue weighted by Gasteiger charge is -2.18. The number of carbonyl (C=O) groups is 2. The predicted molar refractivity (Wildman–Crippen MR) is 140 cm³/mol. The molecule has 2 heterocycles. The minimum Gasteiger partial charge on any atom is -0.437 e. The van der Waals surface area contributed by atoms with E-state index in [1.165, 1.54) is 45.2 Å². The Labute approximate surface area is 230 Å². The monoisotopic (exact) mass is 571 g/mol. The highest BCUT2D eigenvalue weighted by molar-refractivity contribution is 6.11. The molecule has 0 bridgehead atoms. The standard InChI is InChI=1S/C28H22F5N5O3/c1-27(2,12-34)38-24(39)16-8-15(9-18(30)10-16)19-11-20-21(25(40)35-3)22(14-4-6-17(29)7-5-14)41-26(20)37-23(19)36-13-28(31,32)33/h4-11H,13H2,1-3H3,(H,35,40)(H,36,37)(H,38,39). The zero-order chi connectivity index (χ0) is 30.1. The summed E-state index contributed by atoms with van der Waals surface area (Å²) in [6, 6.07) is 11.2. The summed E-state index contributed by atoms with van der Waals surface area (Å²) in [6.45, 7) is 1.35. The van der Waals surface area contributed by atoms with Crippen LogP contribution in [0.2, 0.25) is 0 Å². The van der Waals surface area contributed by atoms with Crippen LogP contribution in [0.1, 0.15) is 34.6 Å². The first-order valence-electron chi connectivity index (χ1n) is 12.0. The first-order valence-corrected chi connectivity index (χ1v) is 12.0. The normalized spacial score (nSPS) is 11.7. The van der Waals surface area contributed by atoms with Crippen molar-refractivity contribution in [2.24, 2.45) is 0 Å². The van der Waals surface area contributed by atoms with Crippen LogP contribution in [-0.2, 0) is 0 Å². The summed E-state index contributed by atoms with van der Waals surface area (Å²) in [7, 11) is 1.35. The molecule has 0 saturated carbocycles. The van der Waals surface area contributed by atoms with E-state index in [1.54, 1.807) is 0 Å². The molecule has 8 nitrogen and oxygen atoms in total. The maximum Gasteiger partial charge on any atom is 0.405 e. The topological polar surface area (TPSA) is 120 Å². The number of fused-ring (bicyclic) bond motifs is 1. The zero-order valence-corrected chi connectivity index (χ0v) is 21.8. The number of halogens is 5. The van der Waals surface area contributed by atoms with Crippen LogP contribution < -0.4 is 16.0 Å². The van der Waals surface area contributed by atoms with Crippen LogP contribution in [0.5, 0.6) is 0 Å². The lowest BCUT2D eigenvalue weighted by molar-refractivity contribution is -0.115. The number of aromatic nitrogens is 1. The van der Waals surface area contributed by atoms with Gasteiger partial charge in [0.15, 0.2) is 0 Å². The number of nitrogens with one attached hydrogen (secondary N) is 3. The molecular formula is C28H22F5N5O3. The molecule has 4 rings (SSSR count). The number of nitrogens with zero attached hydrogens (tertiary/aromatic N) is 2. The van der Waals surface area contributed by atoms with Gasteiger partial charge in [-0.1, -0.05) is 0 Å². The second-order valence-corrected chi connectivity index (χ2v) is 9.52. The Morgan fingerprint density at radius 2 is 1.66 bits per heavy atom. The van der Waals surface area contributed by atoms with Crippen molar-refractivity contribution in [3.8, 4) is 28.5 Å². The number of amides is 2. The van der Waals surface area contributed by atoms with Crippen LogP contribution in [0.4, 0.5) is 27.8 Å². The van der Waals surface area contributed by atoms with Crippen molar-refractivity contribution in [2.45, 2.75) is 25.6 Å². The van der Waals surface area contributed by atoms with E-state index in [0.717, 1.165) is 24.3 Å². The van der Waals surface area contributed by atoms with Crippen LogP contribution in [0.3, 0.4) is 0 Å². The summed E-state index contributed by atoms with van der Waals surface area (Å²) in [5.74, 6) is -3.27. The third-order valence-corrected chi connectivity index (χ3v) is 5.88. The number of benzene rings is 2. The number of rotatable bonds is 7. The molecule has 0 aliphatic heterocycles. The fraction of sp³-hybridized carbons (Fsp3) is 0.214. The average Bonchev–Trinajstić information content (AvgIpc) is 3.28. The molecule has 0 fully saturated rings. The van der Waals surface area contributed by atoms with E-state index < -0.39 is 41.7 Å². The maximum absolute atomic E-state index is 14.8. The van der Waals surface area contributed by atoms with E-state index in [1.807, 2.05) is 6.07 Å². The molecule has 41 heavy (non-hydrogen) atoms. The van der Waals surface area contributed by atoms with Gasteiger partial charge in [0.2, 0.25) is 5.71 Å². The Bertz CT molecular complexity index is 1690. The Morgan fingerprint density at radius 1 is 0.976 bits per heavy atom. The van der Waals surface area contributed by atoms with Gasteiger partial charge in [-0.2, -0.15) is 23.4 Å². The van der Waals surface area contributed by atoms with Crippen molar-refractivity contribution < 1.29 is 36.0 Å². The first-order chi connectivity index (χ1) is 19.2. The SMILES string of the molecule is CNC(=O)c1c(-c2ccc(F)cc2)oc2nc(NCC(F)(F)F)c(-c3cc(F)cc(C(=O)NC(C)(C)C#N)c3)cc12. The highest BCUT2D eigenvalue weighted by atomic mass is 19.4. The van der Waals surface area contributed by atoms with E-state index in [9.17, 15) is 36.8 Å². The van der Waals surface area contributed by atoms with E-state index in [0.29, 0.717) is 5.56 Å². The molecule has 0 aliphatic carbocycles. The molecule has 3 N–H and O–H groups in total. The Kier molecular flexibility index (Phi) is 7.70. The Morgan fingerprint density at radius 3 is 2.27 bits per heavy atom. The number of hydrogen-bond acceptors (Lipinski definition) is 6. The van der Waals surface area contributed by atoms with Gasteiger partial charge in [0.05, 0.1) is 17.0 Å². The second kappa shape index (κ2) is 10.9. The second-order valence-electron chi connectivity index (χ2n) is 9.52. The third-order valence-electron chi connectivity index (χ3n) is 5.88. The van der Waals surface area contributed by atoms with Gasteiger partial charge in [-0.25, -0.2) is 8.78 Å². The van der Waals surface area contributed by atoms with Crippen molar-refractivity contribution >= 4 is 28.7 Å². The van der Waals surface area contributed by atoms with Crippen LogP contribution in [0, 0.1) is 23.0 Å². The van der Waals surface area contributed by atoms with Gasteiger partial charge in [0, 0.05) is 23.7 Å². The quantitative estimate of drug-likeness (QED) is 0.241. The lowest BCUT2D eigenvalue weighted by Crippen LogP contribution is -2.42. The Hall–Kier alpha value is -4.99. The van der Waals surface area contributed by atoms with Crippen molar-refractivity contribution in [3.63, 3.8) is 0 Å². The van der Waals surface area contributed by atoms with E-state index in [4.69, 9.17) is 4.42 Å². The summed E-state index contributed by atoms with van der Waals surface area (Å²) < 4.78 is 73.5. The zero-order valence-electron chi connectivity index (χ0n) is 21.8. The molecule has 212 valence electrons. The fourth-order valence-corrected chi connectivity index (χ4v) is 3.98. The molecule has 0 radical (unpaired) electrons.